The summed E-state index contributed by atoms with van der Waals surface area (Å²) in [4.78, 5) is 39.0. The fourth-order valence-electron chi connectivity index (χ4n) is 3.02. The minimum atomic E-state index is -0.937. The van der Waals surface area contributed by atoms with Crippen LogP contribution in [0.25, 0.3) is 0 Å². The number of benzene rings is 1. The summed E-state index contributed by atoms with van der Waals surface area (Å²) in [6, 6.07) is 6.68. The van der Waals surface area contributed by atoms with E-state index in [1.807, 2.05) is 6.07 Å². The zero-order valence-corrected chi connectivity index (χ0v) is 16.2. The molecule has 8 heteroatoms. The minimum absolute atomic E-state index is 0.142. The Hall–Kier alpha value is -2.61. The van der Waals surface area contributed by atoms with Gasteiger partial charge in [-0.15, -0.1) is 0 Å². The predicted octanol–water partition coefficient (Wildman–Crippen LogP) is 1.72. The third-order valence-electron chi connectivity index (χ3n) is 4.24. The van der Waals surface area contributed by atoms with E-state index in [4.69, 9.17) is 4.74 Å². The van der Waals surface area contributed by atoms with E-state index in [0.717, 1.165) is 5.56 Å². The molecule has 8 nitrogen and oxygen atoms in total. The standard InChI is InChI=1S/C19H27N3O5/c1-19(2,3)27-18(26)22-9-8-21(12-16(23)24)15(11-22)13-6-5-7-14(10-13)17(25)20-4/h5-7,10,15H,8-9,11-12H2,1-4H3,(H,20,25)(H,23,24)/t15-/m0/s1. The second-order valence-corrected chi connectivity index (χ2v) is 7.51. The van der Waals surface area contributed by atoms with Gasteiger partial charge in [0.25, 0.3) is 5.91 Å². The van der Waals surface area contributed by atoms with Crippen LogP contribution in [0.4, 0.5) is 4.79 Å². The smallest absolute Gasteiger partial charge is 0.410 e. The van der Waals surface area contributed by atoms with Gasteiger partial charge < -0.3 is 20.1 Å². The molecule has 1 aromatic rings. The molecular formula is C19H27N3O5. The molecule has 1 aliphatic rings. The number of carboxylic acids is 1. The van der Waals surface area contributed by atoms with Crippen LogP contribution in [0, 0.1) is 0 Å². The van der Waals surface area contributed by atoms with Gasteiger partial charge in [-0.3, -0.25) is 14.5 Å². The number of hydrogen-bond donors (Lipinski definition) is 2. The molecule has 0 spiro atoms. The van der Waals surface area contributed by atoms with Gasteiger partial charge in [0.15, 0.2) is 0 Å². The summed E-state index contributed by atoms with van der Waals surface area (Å²) in [6.07, 6.45) is -0.426. The molecule has 2 N–H and O–H groups in total. The van der Waals surface area contributed by atoms with Crippen molar-refractivity contribution in [2.45, 2.75) is 32.4 Å². The van der Waals surface area contributed by atoms with Gasteiger partial charge in [-0.1, -0.05) is 12.1 Å². The molecule has 1 heterocycles. The Balaban J connectivity index is 2.27. The molecule has 1 aromatic carbocycles. The van der Waals surface area contributed by atoms with Gasteiger partial charge >= 0.3 is 12.1 Å². The van der Waals surface area contributed by atoms with E-state index in [1.54, 1.807) is 55.8 Å². The van der Waals surface area contributed by atoms with Crippen molar-refractivity contribution in [1.82, 2.24) is 15.1 Å². The lowest BCUT2D eigenvalue weighted by Crippen LogP contribution is -2.52. The highest BCUT2D eigenvalue weighted by atomic mass is 16.6. The first-order valence-electron chi connectivity index (χ1n) is 8.86. The summed E-state index contributed by atoms with van der Waals surface area (Å²) in [6.45, 7) is 6.34. The third kappa shape index (κ3) is 5.68. The Morgan fingerprint density at radius 2 is 1.96 bits per heavy atom. The Bertz CT molecular complexity index is 714. The maximum atomic E-state index is 12.4. The normalized spacial score (nSPS) is 18.1. The number of carboxylic acid groups (broad SMARTS) is 1. The highest BCUT2D eigenvalue weighted by Gasteiger charge is 2.33. The monoisotopic (exact) mass is 377 g/mol. The molecule has 148 valence electrons. The number of carbonyl (C=O) groups is 3. The van der Waals surface area contributed by atoms with Crippen LogP contribution in [0.2, 0.25) is 0 Å². The molecular weight excluding hydrogens is 350 g/mol. The van der Waals surface area contributed by atoms with E-state index in [9.17, 15) is 19.5 Å². The first-order chi connectivity index (χ1) is 12.6. The van der Waals surface area contributed by atoms with Crippen molar-refractivity contribution in [2.75, 3.05) is 33.2 Å². The van der Waals surface area contributed by atoms with Crippen LogP contribution < -0.4 is 5.32 Å². The van der Waals surface area contributed by atoms with E-state index in [-0.39, 0.29) is 18.5 Å². The third-order valence-corrected chi connectivity index (χ3v) is 4.24. The number of nitrogens with one attached hydrogen (secondary N) is 1. The van der Waals surface area contributed by atoms with Gasteiger partial charge in [0.2, 0.25) is 0 Å². The summed E-state index contributed by atoms with van der Waals surface area (Å²) < 4.78 is 5.45. The topological polar surface area (TPSA) is 99.2 Å². The molecule has 1 fully saturated rings. The number of ether oxygens (including phenoxy) is 1. The average Bonchev–Trinajstić information content (AvgIpc) is 2.59. The van der Waals surface area contributed by atoms with Crippen molar-refractivity contribution < 1.29 is 24.2 Å². The number of hydrogen-bond acceptors (Lipinski definition) is 5. The number of aliphatic carboxylic acids is 1. The van der Waals surface area contributed by atoms with Gasteiger partial charge in [-0.2, -0.15) is 0 Å². The van der Waals surface area contributed by atoms with Crippen LogP contribution >= 0.6 is 0 Å². The number of amides is 2. The molecule has 0 aromatic heterocycles. The zero-order valence-electron chi connectivity index (χ0n) is 16.2. The Morgan fingerprint density at radius 1 is 1.26 bits per heavy atom. The lowest BCUT2D eigenvalue weighted by molar-refractivity contribution is -0.139. The molecule has 1 atom stereocenters. The van der Waals surface area contributed by atoms with Crippen LogP contribution in [0.3, 0.4) is 0 Å². The van der Waals surface area contributed by atoms with Crippen molar-refractivity contribution in [1.29, 1.82) is 0 Å². The maximum absolute atomic E-state index is 12.4. The molecule has 27 heavy (non-hydrogen) atoms. The van der Waals surface area contributed by atoms with Crippen molar-refractivity contribution >= 4 is 18.0 Å². The molecule has 0 unspecified atom stereocenters. The van der Waals surface area contributed by atoms with E-state index in [1.165, 1.54) is 0 Å². The zero-order chi connectivity index (χ0) is 20.2. The first kappa shape index (κ1) is 20.7. The van der Waals surface area contributed by atoms with Crippen LogP contribution in [0.1, 0.15) is 42.7 Å². The fourth-order valence-corrected chi connectivity index (χ4v) is 3.02. The lowest BCUT2D eigenvalue weighted by atomic mass is 9.99. The second-order valence-electron chi connectivity index (χ2n) is 7.51. The number of rotatable bonds is 4. The summed E-state index contributed by atoms with van der Waals surface area (Å²) in [5, 5.41) is 11.8. The maximum Gasteiger partial charge on any atom is 0.410 e. The molecule has 0 radical (unpaired) electrons. The van der Waals surface area contributed by atoms with Gasteiger partial charge in [-0.05, 0) is 38.5 Å². The highest BCUT2D eigenvalue weighted by molar-refractivity contribution is 5.94. The Morgan fingerprint density at radius 3 is 2.56 bits per heavy atom. The molecule has 2 rings (SSSR count). The molecule has 0 aliphatic carbocycles. The van der Waals surface area contributed by atoms with Crippen molar-refractivity contribution in [3.8, 4) is 0 Å². The average molecular weight is 377 g/mol. The quantitative estimate of drug-likeness (QED) is 0.829. The number of nitrogens with zero attached hydrogens (tertiary/aromatic N) is 2. The lowest BCUT2D eigenvalue weighted by Gasteiger charge is -2.41. The van der Waals surface area contributed by atoms with Crippen LogP contribution in [0.5, 0.6) is 0 Å². The van der Waals surface area contributed by atoms with Crippen LogP contribution in [-0.2, 0) is 9.53 Å². The second kappa shape index (κ2) is 8.39. The van der Waals surface area contributed by atoms with Crippen LogP contribution in [-0.4, -0.2) is 71.7 Å². The Labute approximate surface area is 159 Å². The number of piperazine rings is 1. The van der Waals surface area contributed by atoms with Gasteiger partial charge in [0.05, 0.1) is 12.6 Å². The first-order valence-corrected chi connectivity index (χ1v) is 8.86. The molecule has 0 saturated carbocycles. The van der Waals surface area contributed by atoms with Gasteiger partial charge in [-0.25, -0.2) is 4.79 Å². The predicted molar refractivity (Wildman–Crippen MR) is 99.6 cm³/mol. The minimum Gasteiger partial charge on any atom is -0.480 e. The summed E-state index contributed by atoms with van der Waals surface area (Å²) in [5.41, 5.74) is 0.662. The summed E-state index contributed by atoms with van der Waals surface area (Å²) >= 11 is 0. The molecule has 2 amide bonds. The van der Waals surface area contributed by atoms with Gasteiger partial charge in [0, 0.05) is 32.2 Å². The number of carbonyl (C=O) groups excluding carboxylic acids is 2. The summed E-state index contributed by atoms with van der Waals surface area (Å²) in [7, 11) is 1.55. The van der Waals surface area contributed by atoms with E-state index in [2.05, 4.69) is 5.32 Å². The molecule has 1 aliphatic heterocycles. The van der Waals surface area contributed by atoms with Crippen molar-refractivity contribution in [3.05, 3.63) is 35.4 Å². The van der Waals surface area contributed by atoms with E-state index < -0.39 is 17.7 Å². The highest BCUT2D eigenvalue weighted by Crippen LogP contribution is 2.27. The van der Waals surface area contributed by atoms with E-state index in [0.29, 0.717) is 25.2 Å². The van der Waals surface area contributed by atoms with Gasteiger partial charge in [0.1, 0.15) is 5.60 Å². The SMILES string of the molecule is CNC(=O)c1cccc([C@@H]2CN(C(=O)OC(C)(C)C)CCN2CC(=O)O)c1. The van der Waals surface area contributed by atoms with Crippen LogP contribution in [0.15, 0.2) is 24.3 Å². The summed E-state index contributed by atoms with van der Waals surface area (Å²) in [5.74, 6) is -1.16. The molecule has 1 saturated heterocycles. The van der Waals surface area contributed by atoms with Crippen molar-refractivity contribution in [3.63, 3.8) is 0 Å². The van der Waals surface area contributed by atoms with Crippen molar-refractivity contribution in [2.24, 2.45) is 0 Å². The molecule has 0 bridgehead atoms. The van der Waals surface area contributed by atoms with E-state index >= 15 is 0 Å². The fraction of sp³-hybridized carbons (Fsp3) is 0.526. The largest absolute Gasteiger partial charge is 0.480 e. The Kier molecular flexibility index (Phi) is 6.43.